The van der Waals surface area contributed by atoms with Gasteiger partial charge in [-0.2, -0.15) is 15.3 Å². The van der Waals surface area contributed by atoms with Gasteiger partial charge in [0.2, 0.25) is 5.95 Å². The lowest BCUT2D eigenvalue weighted by Crippen LogP contribution is -2.39. The second-order valence-electron chi connectivity index (χ2n) is 8.25. The summed E-state index contributed by atoms with van der Waals surface area (Å²) in [7, 11) is 1.94. The van der Waals surface area contributed by atoms with Crippen molar-refractivity contribution in [3.8, 4) is 6.07 Å². The summed E-state index contributed by atoms with van der Waals surface area (Å²) in [6.45, 7) is 3.68. The molecule has 0 unspecified atom stereocenters. The van der Waals surface area contributed by atoms with Crippen LogP contribution >= 0.6 is 11.6 Å². The average Bonchev–Trinajstić information content (AvgIpc) is 3.14. The molecule has 0 amide bonds. The largest absolute Gasteiger partial charge is 0.366 e. The maximum absolute atomic E-state index is 8.89. The molecule has 5 rings (SSSR count). The zero-order chi connectivity index (χ0) is 23.7. The van der Waals surface area contributed by atoms with E-state index in [1.54, 1.807) is 12.3 Å². The quantitative estimate of drug-likeness (QED) is 0.444. The van der Waals surface area contributed by atoms with Crippen LogP contribution < -0.4 is 15.5 Å². The molecule has 0 aliphatic carbocycles. The number of nitrogens with one attached hydrogen (secondary N) is 2. The van der Waals surface area contributed by atoms with E-state index in [9.17, 15) is 0 Å². The molecule has 1 fully saturated rings. The van der Waals surface area contributed by atoms with Crippen molar-refractivity contribution in [3.05, 3.63) is 52.9 Å². The van der Waals surface area contributed by atoms with Gasteiger partial charge in [-0.05, 0) is 50.1 Å². The molecular weight excluding hydrogens is 452 g/mol. The normalized spacial score (nSPS) is 14.2. The summed E-state index contributed by atoms with van der Waals surface area (Å²) < 4.78 is 1.87. The number of nitriles is 1. The van der Waals surface area contributed by atoms with E-state index in [1.165, 1.54) is 0 Å². The molecule has 3 aromatic heterocycles. The summed E-state index contributed by atoms with van der Waals surface area (Å²) in [4.78, 5) is 11.1. The Morgan fingerprint density at radius 2 is 1.97 bits per heavy atom. The molecule has 1 aliphatic rings. The molecular formula is C23H23ClN10. The molecule has 2 N–H and O–H groups in total. The number of rotatable bonds is 5. The number of fused-ring (bicyclic) bond motifs is 1. The number of hydrogen-bond acceptors (Lipinski definition) is 9. The number of anilines is 4. The van der Waals surface area contributed by atoms with E-state index in [4.69, 9.17) is 16.9 Å². The third kappa shape index (κ3) is 4.43. The van der Waals surface area contributed by atoms with Crippen molar-refractivity contribution in [2.24, 2.45) is 7.05 Å². The van der Waals surface area contributed by atoms with E-state index in [1.807, 2.05) is 49.0 Å². The number of benzene rings is 1. The van der Waals surface area contributed by atoms with Gasteiger partial charge in [-0.25, -0.2) is 4.98 Å². The molecule has 1 aromatic carbocycles. The topological polar surface area (TPSA) is 120 Å². The van der Waals surface area contributed by atoms with E-state index in [2.05, 4.69) is 40.8 Å². The smallest absolute Gasteiger partial charge is 0.229 e. The minimum atomic E-state index is 0.218. The van der Waals surface area contributed by atoms with Crippen molar-refractivity contribution in [2.75, 3.05) is 28.6 Å². The van der Waals surface area contributed by atoms with E-state index in [-0.39, 0.29) is 6.04 Å². The van der Waals surface area contributed by atoms with Crippen LogP contribution in [0.4, 0.5) is 23.3 Å². The third-order valence-electron chi connectivity index (χ3n) is 6.06. The van der Waals surface area contributed by atoms with Crippen molar-refractivity contribution >= 4 is 45.8 Å². The molecule has 172 valence electrons. The molecule has 0 saturated carbocycles. The number of aromatic nitrogens is 6. The van der Waals surface area contributed by atoms with Gasteiger partial charge < -0.3 is 15.5 Å². The van der Waals surface area contributed by atoms with Gasteiger partial charge in [0.05, 0.1) is 11.7 Å². The van der Waals surface area contributed by atoms with Crippen LogP contribution in [0.15, 0.2) is 36.5 Å². The summed E-state index contributed by atoms with van der Waals surface area (Å²) in [5.74, 6) is 1.85. The van der Waals surface area contributed by atoms with Crippen LogP contribution in [-0.4, -0.2) is 49.1 Å². The molecule has 11 heteroatoms. The SMILES string of the molecule is Cc1c2ccc(Nc3ncc(Cl)c(NC4CCN(c5ccc(C#N)nn5)CC4)n3)cc2nn1C. The Bertz CT molecular complexity index is 1370. The number of halogens is 1. The van der Waals surface area contributed by atoms with Gasteiger partial charge in [-0.15, -0.1) is 10.2 Å². The number of hydrogen-bond donors (Lipinski definition) is 2. The second kappa shape index (κ2) is 9.11. The molecule has 4 aromatic rings. The summed E-state index contributed by atoms with van der Waals surface area (Å²) in [6.07, 6.45) is 3.38. The van der Waals surface area contributed by atoms with Crippen LogP contribution in [0.5, 0.6) is 0 Å². The van der Waals surface area contributed by atoms with Crippen LogP contribution in [0.1, 0.15) is 24.2 Å². The molecule has 34 heavy (non-hydrogen) atoms. The molecule has 4 heterocycles. The van der Waals surface area contributed by atoms with Gasteiger partial charge >= 0.3 is 0 Å². The monoisotopic (exact) mass is 474 g/mol. The van der Waals surface area contributed by atoms with Crippen molar-refractivity contribution < 1.29 is 0 Å². The van der Waals surface area contributed by atoms with Gasteiger partial charge in [-0.3, -0.25) is 4.68 Å². The molecule has 1 aliphatic heterocycles. The predicted octanol–water partition coefficient (Wildman–Crippen LogP) is 3.81. The Labute approximate surface area is 201 Å². The molecule has 1 saturated heterocycles. The first-order chi connectivity index (χ1) is 16.5. The Morgan fingerprint density at radius 3 is 2.71 bits per heavy atom. The minimum Gasteiger partial charge on any atom is -0.366 e. The third-order valence-corrected chi connectivity index (χ3v) is 6.33. The standard InChI is InChI=1S/C23H23ClN10/c1-14-18-5-3-16(11-20(18)32-33(14)2)28-23-26-13-19(24)22(29-23)27-15-7-9-34(10-8-15)21-6-4-17(12-25)30-31-21/h3-6,11,13,15H,7-10H2,1-2H3,(H2,26,27,28,29). The van der Waals surface area contributed by atoms with Crippen LogP contribution in [0, 0.1) is 18.3 Å². The Kier molecular flexibility index (Phi) is 5.86. The molecule has 0 spiro atoms. The maximum Gasteiger partial charge on any atom is 0.229 e. The highest BCUT2D eigenvalue weighted by atomic mass is 35.5. The fourth-order valence-electron chi connectivity index (χ4n) is 4.07. The first-order valence-corrected chi connectivity index (χ1v) is 11.4. The van der Waals surface area contributed by atoms with Gasteiger partial charge in [0, 0.05) is 42.9 Å². The average molecular weight is 475 g/mol. The van der Waals surface area contributed by atoms with E-state index < -0.39 is 0 Å². The fourth-order valence-corrected chi connectivity index (χ4v) is 4.21. The van der Waals surface area contributed by atoms with E-state index in [0.717, 1.165) is 54.0 Å². The lowest BCUT2D eigenvalue weighted by Gasteiger charge is -2.33. The summed E-state index contributed by atoms with van der Waals surface area (Å²) >= 11 is 6.39. The molecule has 0 atom stereocenters. The molecule has 0 bridgehead atoms. The number of aryl methyl sites for hydroxylation is 2. The lowest BCUT2D eigenvalue weighted by molar-refractivity contribution is 0.521. The van der Waals surface area contributed by atoms with Crippen LogP contribution in [0.3, 0.4) is 0 Å². The summed E-state index contributed by atoms with van der Waals surface area (Å²) in [5, 5.41) is 29.8. The second-order valence-corrected chi connectivity index (χ2v) is 8.66. The first-order valence-electron chi connectivity index (χ1n) is 11.0. The van der Waals surface area contributed by atoms with Gasteiger partial charge in [0.15, 0.2) is 17.3 Å². The first kappa shape index (κ1) is 21.9. The Balaban J connectivity index is 1.24. The van der Waals surface area contributed by atoms with Crippen LogP contribution in [-0.2, 0) is 7.05 Å². The van der Waals surface area contributed by atoms with Gasteiger partial charge in [0.25, 0.3) is 0 Å². The summed E-state index contributed by atoms with van der Waals surface area (Å²) in [5.41, 5.74) is 3.21. The predicted molar refractivity (Wildman–Crippen MR) is 131 cm³/mol. The fraction of sp³-hybridized carbons (Fsp3) is 0.304. The molecule has 0 radical (unpaired) electrons. The van der Waals surface area contributed by atoms with Crippen molar-refractivity contribution in [1.29, 1.82) is 5.26 Å². The highest BCUT2D eigenvalue weighted by molar-refractivity contribution is 6.32. The number of nitrogens with zero attached hydrogens (tertiary/aromatic N) is 8. The van der Waals surface area contributed by atoms with E-state index in [0.29, 0.717) is 22.5 Å². The van der Waals surface area contributed by atoms with Gasteiger partial charge in [-0.1, -0.05) is 11.6 Å². The van der Waals surface area contributed by atoms with Crippen molar-refractivity contribution in [2.45, 2.75) is 25.8 Å². The Morgan fingerprint density at radius 1 is 1.15 bits per heavy atom. The van der Waals surface area contributed by atoms with Gasteiger partial charge in [0.1, 0.15) is 11.1 Å². The Hall–Kier alpha value is -3.97. The molecule has 10 nitrogen and oxygen atoms in total. The van der Waals surface area contributed by atoms with Crippen LogP contribution in [0.25, 0.3) is 10.9 Å². The van der Waals surface area contributed by atoms with Crippen LogP contribution in [0.2, 0.25) is 5.02 Å². The summed E-state index contributed by atoms with van der Waals surface area (Å²) in [6, 6.07) is 11.7. The van der Waals surface area contributed by atoms with E-state index >= 15 is 0 Å². The maximum atomic E-state index is 8.89. The number of piperidine rings is 1. The highest BCUT2D eigenvalue weighted by Crippen LogP contribution is 2.27. The lowest BCUT2D eigenvalue weighted by atomic mass is 10.1. The van der Waals surface area contributed by atoms with Crippen molar-refractivity contribution in [3.63, 3.8) is 0 Å². The highest BCUT2D eigenvalue weighted by Gasteiger charge is 2.22. The minimum absolute atomic E-state index is 0.218. The zero-order valence-corrected chi connectivity index (χ0v) is 19.6. The van der Waals surface area contributed by atoms with Crippen molar-refractivity contribution in [1.82, 2.24) is 29.9 Å². The zero-order valence-electron chi connectivity index (χ0n) is 18.8.